The van der Waals surface area contributed by atoms with Gasteiger partial charge < -0.3 is 11.1 Å². The monoisotopic (exact) mass is 178 g/mol. The number of rotatable bonds is 1. The number of hydrogen-bond donors (Lipinski definition) is 2. The first-order valence-corrected chi connectivity index (χ1v) is 4.53. The molecule has 1 rings (SSSR count). The Hall–Kier alpha value is -1.18. The van der Waals surface area contributed by atoms with Crippen LogP contribution in [0.15, 0.2) is 18.2 Å². The van der Waals surface area contributed by atoms with Gasteiger partial charge >= 0.3 is 0 Å². The second-order valence-electron chi connectivity index (χ2n) is 4.47. The third-order valence-corrected chi connectivity index (χ3v) is 1.72. The first-order valence-electron chi connectivity index (χ1n) is 4.53. The van der Waals surface area contributed by atoms with E-state index in [1.54, 1.807) is 0 Å². The molecule has 0 radical (unpaired) electrons. The van der Waals surface area contributed by atoms with Crippen molar-refractivity contribution in [2.45, 2.75) is 33.2 Å². The van der Waals surface area contributed by atoms with Crippen LogP contribution in [0.2, 0.25) is 0 Å². The van der Waals surface area contributed by atoms with Gasteiger partial charge in [-0.2, -0.15) is 0 Å². The molecule has 0 fully saturated rings. The molecule has 2 heteroatoms. The zero-order valence-electron chi connectivity index (χ0n) is 8.81. The normalized spacial score (nSPS) is 11.4. The molecule has 72 valence electrons. The SMILES string of the molecule is Cc1ccc(NC(C)(C)C)c(N)c1. The van der Waals surface area contributed by atoms with Gasteiger partial charge in [0.15, 0.2) is 0 Å². The highest BCUT2D eigenvalue weighted by molar-refractivity contribution is 5.67. The third kappa shape index (κ3) is 2.98. The van der Waals surface area contributed by atoms with E-state index in [-0.39, 0.29) is 5.54 Å². The molecule has 0 atom stereocenters. The van der Waals surface area contributed by atoms with Crippen LogP contribution >= 0.6 is 0 Å². The van der Waals surface area contributed by atoms with Gasteiger partial charge in [-0.3, -0.25) is 0 Å². The van der Waals surface area contributed by atoms with Crippen LogP contribution in [0.25, 0.3) is 0 Å². The lowest BCUT2D eigenvalue weighted by Crippen LogP contribution is -2.26. The smallest absolute Gasteiger partial charge is 0.0578 e. The summed E-state index contributed by atoms with van der Waals surface area (Å²) in [7, 11) is 0. The largest absolute Gasteiger partial charge is 0.397 e. The van der Waals surface area contributed by atoms with Gasteiger partial charge in [-0.05, 0) is 45.4 Å². The molecule has 0 aliphatic carbocycles. The Morgan fingerprint density at radius 3 is 2.31 bits per heavy atom. The zero-order valence-corrected chi connectivity index (χ0v) is 8.81. The van der Waals surface area contributed by atoms with Crippen LogP contribution in [0.4, 0.5) is 11.4 Å². The number of nitrogens with one attached hydrogen (secondary N) is 1. The quantitative estimate of drug-likeness (QED) is 0.649. The Morgan fingerprint density at radius 2 is 1.85 bits per heavy atom. The van der Waals surface area contributed by atoms with E-state index in [1.165, 1.54) is 5.56 Å². The first kappa shape index (κ1) is 9.90. The Labute approximate surface area is 80.1 Å². The van der Waals surface area contributed by atoms with E-state index in [0.717, 1.165) is 11.4 Å². The third-order valence-electron chi connectivity index (χ3n) is 1.72. The number of nitrogen functional groups attached to an aromatic ring is 1. The van der Waals surface area contributed by atoms with Crippen LogP contribution in [0.3, 0.4) is 0 Å². The van der Waals surface area contributed by atoms with Crippen LogP contribution in [0.5, 0.6) is 0 Å². The van der Waals surface area contributed by atoms with Crippen molar-refractivity contribution < 1.29 is 0 Å². The summed E-state index contributed by atoms with van der Waals surface area (Å²) in [5.74, 6) is 0. The summed E-state index contributed by atoms with van der Waals surface area (Å²) in [6, 6.07) is 6.06. The van der Waals surface area contributed by atoms with E-state index in [4.69, 9.17) is 5.73 Å². The average molecular weight is 178 g/mol. The maximum Gasteiger partial charge on any atom is 0.0578 e. The van der Waals surface area contributed by atoms with Crippen LogP contribution in [0.1, 0.15) is 26.3 Å². The molecule has 1 aromatic carbocycles. The highest BCUT2D eigenvalue weighted by Crippen LogP contribution is 2.22. The molecular formula is C11H18N2. The lowest BCUT2D eigenvalue weighted by Gasteiger charge is -2.23. The molecular weight excluding hydrogens is 160 g/mol. The summed E-state index contributed by atoms with van der Waals surface area (Å²) < 4.78 is 0. The van der Waals surface area contributed by atoms with Gasteiger partial charge in [0.2, 0.25) is 0 Å². The van der Waals surface area contributed by atoms with Crippen molar-refractivity contribution in [3.05, 3.63) is 23.8 Å². The van der Waals surface area contributed by atoms with E-state index < -0.39 is 0 Å². The second kappa shape index (κ2) is 3.29. The lowest BCUT2D eigenvalue weighted by atomic mass is 10.1. The predicted molar refractivity (Wildman–Crippen MR) is 59.0 cm³/mol. The molecule has 0 aliphatic rings. The van der Waals surface area contributed by atoms with Crippen molar-refractivity contribution in [2.75, 3.05) is 11.1 Å². The molecule has 0 saturated heterocycles. The Morgan fingerprint density at radius 1 is 1.23 bits per heavy atom. The Bertz CT molecular complexity index is 297. The summed E-state index contributed by atoms with van der Waals surface area (Å²) in [6.45, 7) is 8.39. The standard InChI is InChI=1S/C11H18N2/c1-8-5-6-10(9(12)7-8)13-11(2,3)4/h5-7,13H,12H2,1-4H3. The maximum absolute atomic E-state index is 5.87. The Kier molecular flexibility index (Phi) is 2.50. The van der Waals surface area contributed by atoms with Crippen LogP contribution in [-0.2, 0) is 0 Å². The highest BCUT2D eigenvalue weighted by Gasteiger charge is 2.10. The molecule has 0 saturated carbocycles. The summed E-state index contributed by atoms with van der Waals surface area (Å²) in [6.07, 6.45) is 0. The average Bonchev–Trinajstić information content (AvgIpc) is 1.93. The molecule has 0 aliphatic heterocycles. The van der Waals surface area contributed by atoms with Crippen molar-refractivity contribution in [3.63, 3.8) is 0 Å². The van der Waals surface area contributed by atoms with E-state index >= 15 is 0 Å². The highest BCUT2D eigenvalue weighted by atomic mass is 15.0. The fraction of sp³-hybridized carbons (Fsp3) is 0.455. The predicted octanol–water partition coefficient (Wildman–Crippen LogP) is 2.79. The minimum Gasteiger partial charge on any atom is -0.397 e. The van der Waals surface area contributed by atoms with Crippen molar-refractivity contribution >= 4 is 11.4 Å². The van der Waals surface area contributed by atoms with E-state index in [0.29, 0.717) is 0 Å². The lowest BCUT2D eigenvalue weighted by molar-refractivity contribution is 0.634. The van der Waals surface area contributed by atoms with Crippen molar-refractivity contribution in [2.24, 2.45) is 0 Å². The van der Waals surface area contributed by atoms with Crippen LogP contribution < -0.4 is 11.1 Å². The van der Waals surface area contributed by atoms with E-state index in [2.05, 4.69) is 32.2 Å². The van der Waals surface area contributed by atoms with E-state index in [9.17, 15) is 0 Å². The fourth-order valence-electron chi connectivity index (χ4n) is 1.20. The van der Waals surface area contributed by atoms with Crippen molar-refractivity contribution in [1.82, 2.24) is 0 Å². The van der Waals surface area contributed by atoms with Gasteiger partial charge in [-0.15, -0.1) is 0 Å². The first-order chi connectivity index (χ1) is 5.88. The van der Waals surface area contributed by atoms with Gasteiger partial charge in [0.1, 0.15) is 0 Å². The zero-order chi connectivity index (χ0) is 10.1. The molecule has 3 N–H and O–H groups in total. The summed E-state index contributed by atoms with van der Waals surface area (Å²) in [5, 5.41) is 3.35. The topological polar surface area (TPSA) is 38.0 Å². The summed E-state index contributed by atoms with van der Waals surface area (Å²) in [4.78, 5) is 0. The molecule has 0 unspecified atom stereocenters. The number of hydrogen-bond acceptors (Lipinski definition) is 2. The van der Waals surface area contributed by atoms with Gasteiger partial charge in [0.25, 0.3) is 0 Å². The van der Waals surface area contributed by atoms with Crippen molar-refractivity contribution in [1.29, 1.82) is 0 Å². The number of anilines is 2. The summed E-state index contributed by atoms with van der Waals surface area (Å²) >= 11 is 0. The van der Waals surface area contributed by atoms with Crippen LogP contribution in [0, 0.1) is 6.92 Å². The second-order valence-corrected chi connectivity index (χ2v) is 4.47. The minimum absolute atomic E-state index is 0.0589. The molecule has 13 heavy (non-hydrogen) atoms. The fourth-order valence-corrected chi connectivity index (χ4v) is 1.20. The minimum atomic E-state index is 0.0589. The van der Waals surface area contributed by atoms with Crippen LogP contribution in [-0.4, -0.2) is 5.54 Å². The summed E-state index contributed by atoms with van der Waals surface area (Å²) in [5.41, 5.74) is 8.94. The molecule has 1 aromatic rings. The van der Waals surface area contributed by atoms with Crippen molar-refractivity contribution in [3.8, 4) is 0 Å². The Balaban J connectivity index is 2.90. The molecule has 0 spiro atoms. The molecule has 0 heterocycles. The van der Waals surface area contributed by atoms with E-state index in [1.807, 2.05) is 19.1 Å². The van der Waals surface area contributed by atoms with Gasteiger partial charge in [0, 0.05) is 5.54 Å². The number of aryl methyl sites for hydroxylation is 1. The molecule has 0 aromatic heterocycles. The molecule has 0 bridgehead atoms. The molecule has 2 nitrogen and oxygen atoms in total. The molecule has 0 amide bonds. The van der Waals surface area contributed by atoms with Gasteiger partial charge in [-0.1, -0.05) is 6.07 Å². The van der Waals surface area contributed by atoms with Gasteiger partial charge in [0.05, 0.1) is 11.4 Å². The number of benzene rings is 1. The van der Waals surface area contributed by atoms with Gasteiger partial charge in [-0.25, -0.2) is 0 Å². The number of nitrogens with two attached hydrogens (primary N) is 1. The maximum atomic E-state index is 5.87.